The topological polar surface area (TPSA) is 58.2 Å². The number of benzene rings is 1. The molecule has 1 heterocycles. The molecule has 0 saturated heterocycles. The molecule has 1 aromatic heterocycles. The van der Waals surface area contributed by atoms with E-state index in [1.807, 2.05) is 44.2 Å². The van der Waals surface area contributed by atoms with Gasteiger partial charge in [-0.05, 0) is 23.6 Å². The maximum Gasteiger partial charge on any atom is 0.267 e. The van der Waals surface area contributed by atoms with Crippen LogP contribution in [-0.2, 0) is 4.79 Å². The number of hydrogen-bond donors (Lipinski definition) is 2. The highest BCUT2D eigenvalue weighted by atomic mass is 32.1. The molecule has 0 aliphatic carbocycles. The number of thiophene rings is 1. The van der Waals surface area contributed by atoms with Crippen molar-refractivity contribution in [2.24, 2.45) is 5.92 Å². The molecule has 1 aromatic carbocycles. The summed E-state index contributed by atoms with van der Waals surface area (Å²) in [6.45, 7) is 3.62. The molecule has 2 rings (SSSR count). The summed E-state index contributed by atoms with van der Waals surface area (Å²) >= 11 is 1.30. The van der Waals surface area contributed by atoms with E-state index in [1.54, 1.807) is 11.4 Å². The van der Waals surface area contributed by atoms with Gasteiger partial charge in [0.15, 0.2) is 0 Å². The fraction of sp³-hybridized carbons (Fsp3) is 0.200. The third-order valence-electron chi connectivity index (χ3n) is 2.69. The number of para-hydroxylation sites is 1. The molecule has 5 heteroatoms. The predicted molar refractivity (Wildman–Crippen MR) is 82.2 cm³/mol. The first-order chi connectivity index (χ1) is 9.58. The van der Waals surface area contributed by atoms with Gasteiger partial charge in [0.25, 0.3) is 5.91 Å². The second kappa shape index (κ2) is 6.34. The summed E-state index contributed by atoms with van der Waals surface area (Å²) < 4.78 is 0. The van der Waals surface area contributed by atoms with Gasteiger partial charge in [0.05, 0.1) is 5.69 Å². The Bertz CT molecular complexity index is 605. The molecular formula is C15H16N2O2S. The van der Waals surface area contributed by atoms with Crippen LogP contribution in [0.1, 0.15) is 23.5 Å². The maximum absolute atomic E-state index is 12.2. The van der Waals surface area contributed by atoms with Gasteiger partial charge in [0.2, 0.25) is 5.91 Å². The van der Waals surface area contributed by atoms with Gasteiger partial charge >= 0.3 is 0 Å². The molecule has 0 bridgehead atoms. The second-order valence-corrected chi connectivity index (χ2v) is 5.54. The fourth-order valence-corrected chi connectivity index (χ4v) is 2.31. The van der Waals surface area contributed by atoms with Gasteiger partial charge in [0.1, 0.15) is 4.88 Å². The lowest BCUT2D eigenvalue weighted by molar-refractivity contribution is -0.118. The lowest BCUT2D eigenvalue weighted by atomic mass is 10.2. The van der Waals surface area contributed by atoms with Gasteiger partial charge in [-0.1, -0.05) is 32.0 Å². The molecule has 0 atom stereocenters. The van der Waals surface area contributed by atoms with Gasteiger partial charge in [-0.15, -0.1) is 11.3 Å². The van der Waals surface area contributed by atoms with E-state index in [2.05, 4.69) is 10.6 Å². The number of nitrogens with one attached hydrogen (secondary N) is 2. The van der Waals surface area contributed by atoms with E-state index < -0.39 is 0 Å². The Labute approximate surface area is 121 Å². The third-order valence-corrected chi connectivity index (χ3v) is 3.60. The van der Waals surface area contributed by atoms with Crippen molar-refractivity contribution in [1.82, 2.24) is 0 Å². The smallest absolute Gasteiger partial charge is 0.267 e. The van der Waals surface area contributed by atoms with Crippen molar-refractivity contribution in [3.05, 3.63) is 46.7 Å². The molecular weight excluding hydrogens is 272 g/mol. The average molecular weight is 288 g/mol. The van der Waals surface area contributed by atoms with Crippen molar-refractivity contribution >= 4 is 34.5 Å². The number of rotatable bonds is 4. The summed E-state index contributed by atoms with van der Waals surface area (Å²) in [4.78, 5) is 24.4. The summed E-state index contributed by atoms with van der Waals surface area (Å²) in [5.74, 6) is -0.442. The number of amides is 2. The zero-order chi connectivity index (χ0) is 14.5. The first-order valence-corrected chi connectivity index (χ1v) is 7.20. The minimum absolute atomic E-state index is 0.0999. The van der Waals surface area contributed by atoms with E-state index in [-0.39, 0.29) is 17.7 Å². The van der Waals surface area contributed by atoms with Crippen LogP contribution in [-0.4, -0.2) is 11.8 Å². The quantitative estimate of drug-likeness (QED) is 0.903. The van der Waals surface area contributed by atoms with E-state index in [9.17, 15) is 9.59 Å². The normalized spacial score (nSPS) is 10.3. The van der Waals surface area contributed by atoms with Gasteiger partial charge in [-0.2, -0.15) is 0 Å². The van der Waals surface area contributed by atoms with Crippen molar-refractivity contribution < 1.29 is 9.59 Å². The molecule has 2 aromatic rings. The molecule has 4 nitrogen and oxygen atoms in total. The van der Waals surface area contributed by atoms with E-state index in [4.69, 9.17) is 0 Å². The molecule has 0 saturated carbocycles. The third kappa shape index (κ3) is 3.45. The minimum atomic E-state index is -0.217. The van der Waals surface area contributed by atoms with Crippen LogP contribution >= 0.6 is 11.3 Å². The van der Waals surface area contributed by atoms with E-state index >= 15 is 0 Å². The highest BCUT2D eigenvalue weighted by Gasteiger charge is 2.16. The first-order valence-electron chi connectivity index (χ1n) is 6.32. The summed E-state index contributed by atoms with van der Waals surface area (Å²) in [5.41, 5.74) is 1.29. The first kappa shape index (κ1) is 14.3. The maximum atomic E-state index is 12.2. The van der Waals surface area contributed by atoms with Gasteiger partial charge in [0, 0.05) is 11.6 Å². The molecule has 104 valence electrons. The number of anilines is 2. The fourth-order valence-electron chi connectivity index (χ4n) is 1.57. The summed E-state index contributed by atoms with van der Waals surface area (Å²) in [7, 11) is 0. The molecule has 0 spiro atoms. The SMILES string of the molecule is CC(C)C(=O)Nc1ccsc1C(=O)Nc1ccccc1. The molecule has 2 amide bonds. The molecule has 0 aliphatic heterocycles. The lowest BCUT2D eigenvalue weighted by Gasteiger charge is -2.09. The molecule has 0 fully saturated rings. The lowest BCUT2D eigenvalue weighted by Crippen LogP contribution is -2.20. The Hall–Kier alpha value is -2.14. The van der Waals surface area contributed by atoms with Crippen LogP contribution in [0.2, 0.25) is 0 Å². The molecule has 0 radical (unpaired) electrons. The second-order valence-electron chi connectivity index (χ2n) is 4.63. The van der Waals surface area contributed by atoms with Crippen molar-refractivity contribution in [2.75, 3.05) is 10.6 Å². The van der Waals surface area contributed by atoms with Gasteiger partial charge in [-0.25, -0.2) is 0 Å². The monoisotopic (exact) mass is 288 g/mol. The standard InChI is InChI=1S/C15H16N2O2S/c1-10(2)14(18)17-12-8-9-20-13(12)15(19)16-11-6-4-3-5-7-11/h3-10H,1-2H3,(H,16,19)(H,17,18). The Balaban J connectivity index is 2.11. The van der Waals surface area contributed by atoms with Crippen LogP contribution in [0.3, 0.4) is 0 Å². The summed E-state index contributed by atoms with van der Waals surface area (Å²) in [6.07, 6.45) is 0. The zero-order valence-corrected chi connectivity index (χ0v) is 12.2. The molecule has 0 aliphatic rings. The molecule has 0 unspecified atom stereocenters. The van der Waals surface area contributed by atoms with Crippen LogP contribution < -0.4 is 10.6 Å². The largest absolute Gasteiger partial charge is 0.324 e. The Morgan fingerprint density at radius 1 is 1.05 bits per heavy atom. The number of carbonyl (C=O) groups is 2. The van der Waals surface area contributed by atoms with Crippen LogP contribution in [0, 0.1) is 5.92 Å². The Morgan fingerprint density at radius 2 is 1.75 bits per heavy atom. The van der Waals surface area contributed by atoms with Crippen molar-refractivity contribution in [3.8, 4) is 0 Å². The van der Waals surface area contributed by atoms with Crippen LogP contribution in [0.25, 0.3) is 0 Å². The van der Waals surface area contributed by atoms with Crippen molar-refractivity contribution in [2.45, 2.75) is 13.8 Å². The molecule has 20 heavy (non-hydrogen) atoms. The van der Waals surface area contributed by atoms with Gasteiger partial charge < -0.3 is 10.6 Å². The zero-order valence-electron chi connectivity index (χ0n) is 11.3. The van der Waals surface area contributed by atoms with E-state index in [0.717, 1.165) is 5.69 Å². The average Bonchev–Trinajstić information content (AvgIpc) is 2.88. The number of carbonyl (C=O) groups excluding carboxylic acids is 2. The summed E-state index contributed by atoms with van der Waals surface area (Å²) in [5, 5.41) is 7.36. The minimum Gasteiger partial charge on any atom is -0.324 e. The van der Waals surface area contributed by atoms with Crippen LogP contribution in [0.4, 0.5) is 11.4 Å². The van der Waals surface area contributed by atoms with Crippen LogP contribution in [0.15, 0.2) is 41.8 Å². The molecule has 2 N–H and O–H groups in total. The number of hydrogen-bond acceptors (Lipinski definition) is 3. The van der Waals surface area contributed by atoms with Crippen molar-refractivity contribution in [3.63, 3.8) is 0 Å². The highest BCUT2D eigenvalue weighted by molar-refractivity contribution is 7.12. The predicted octanol–water partition coefficient (Wildman–Crippen LogP) is 3.59. The Morgan fingerprint density at radius 3 is 2.40 bits per heavy atom. The van der Waals surface area contributed by atoms with E-state index in [1.165, 1.54) is 11.3 Å². The summed E-state index contributed by atoms with van der Waals surface area (Å²) in [6, 6.07) is 11.0. The van der Waals surface area contributed by atoms with Crippen molar-refractivity contribution in [1.29, 1.82) is 0 Å². The Kier molecular flexibility index (Phi) is 4.53. The van der Waals surface area contributed by atoms with E-state index in [0.29, 0.717) is 10.6 Å². The van der Waals surface area contributed by atoms with Gasteiger partial charge in [-0.3, -0.25) is 9.59 Å². The highest BCUT2D eigenvalue weighted by Crippen LogP contribution is 2.24. The van der Waals surface area contributed by atoms with Crippen LogP contribution in [0.5, 0.6) is 0 Å².